The number of nitrogens with one attached hydrogen (secondary N) is 2. The first-order valence-electron chi connectivity index (χ1n) is 12.9. The molecule has 2 heterocycles. The van der Waals surface area contributed by atoms with Crippen LogP contribution in [0.1, 0.15) is 71.5 Å². The molecule has 1 saturated carbocycles. The lowest BCUT2D eigenvalue weighted by atomic mass is 9.84. The van der Waals surface area contributed by atoms with Gasteiger partial charge in [0.1, 0.15) is 11.8 Å². The van der Waals surface area contributed by atoms with Gasteiger partial charge in [0.2, 0.25) is 18.2 Å². The van der Waals surface area contributed by atoms with Crippen molar-refractivity contribution in [2.75, 3.05) is 19.6 Å². The highest BCUT2D eigenvalue weighted by Gasteiger charge is 2.38. The molecule has 2 atom stereocenters. The zero-order valence-electron chi connectivity index (χ0n) is 21.4. The Morgan fingerprint density at radius 3 is 2.49 bits per heavy atom. The highest BCUT2D eigenvalue weighted by molar-refractivity contribution is 5.89. The molecule has 0 aromatic carbocycles. The normalized spacial score (nSPS) is 19.4. The third-order valence-corrected chi connectivity index (χ3v) is 7.34. The van der Waals surface area contributed by atoms with Gasteiger partial charge >= 0.3 is 0 Å². The van der Waals surface area contributed by atoms with E-state index in [0.717, 1.165) is 44.3 Å². The van der Waals surface area contributed by atoms with E-state index in [9.17, 15) is 19.6 Å². The van der Waals surface area contributed by atoms with Gasteiger partial charge in [-0.25, -0.2) is 5.06 Å². The van der Waals surface area contributed by atoms with Gasteiger partial charge in [-0.05, 0) is 42.7 Å². The lowest BCUT2D eigenvalue weighted by molar-refractivity contribution is -0.156. The van der Waals surface area contributed by atoms with Crippen LogP contribution in [0.2, 0.25) is 0 Å². The van der Waals surface area contributed by atoms with Gasteiger partial charge in [-0.2, -0.15) is 0 Å². The first-order valence-corrected chi connectivity index (χ1v) is 12.9. The molecule has 1 aromatic heterocycles. The highest BCUT2D eigenvalue weighted by atomic mass is 16.5. The van der Waals surface area contributed by atoms with Crippen LogP contribution >= 0.6 is 0 Å². The molecule has 196 valence electrons. The number of amides is 3. The van der Waals surface area contributed by atoms with Crippen LogP contribution in [0, 0.1) is 17.3 Å². The number of hydrogen-bond acceptors (Lipinski definition) is 6. The highest BCUT2D eigenvalue weighted by Crippen LogP contribution is 2.31. The fourth-order valence-electron chi connectivity index (χ4n) is 5.24. The molecule has 2 aliphatic rings. The molecule has 1 aromatic rings. The summed E-state index contributed by atoms with van der Waals surface area (Å²) in [5, 5.41) is 16.8. The largest absolute Gasteiger partial charge is 0.468 e. The van der Waals surface area contributed by atoms with Gasteiger partial charge in [-0.1, -0.05) is 46.5 Å². The molecular weight excluding hydrogens is 448 g/mol. The topological polar surface area (TPSA) is 115 Å². The number of likely N-dealkylation sites (tertiary alicyclic amines) is 1. The van der Waals surface area contributed by atoms with E-state index in [1.54, 1.807) is 6.26 Å². The van der Waals surface area contributed by atoms with E-state index in [2.05, 4.69) is 10.6 Å². The van der Waals surface area contributed by atoms with Gasteiger partial charge < -0.3 is 20.0 Å². The molecule has 2 fully saturated rings. The van der Waals surface area contributed by atoms with Gasteiger partial charge in [-0.3, -0.25) is 19.6 Å². The zero-order valence-corrected chi connectivity index (χ0v) is 21.4. The van der Waals surface area contributed by atoms with Crippen molar-refractivity contribution in [3.63, 3.8) is 0 Å². The molecule has 9 nitrogen and oxygen atoms in total. The Bertz CT molecular complexity index is 808. The molecule has 1 saturated heterocycles. The molecule has 0 spiro atoms. The Labute approximate surface area is 208 Å². The van der Waals surface area contributed by atoms with Crippen molar-refractivity contribution >= 4 is 18.2 Å². The molecule has 3 amide bonds. The predicted molar refractivity (Wildman–Crippen MR) is 131 cm³/mol. The van der Waals surface area contributed by atoms with Crippen molar-refractivity contribution in [1.29, 1.82) is 0 Å². The summed E-state index contributed by atoms with van der Waals surface area (Å²) in [5.41, 5.74) is -0.484. The second kappa shape index (κ2) is 12.5. The maximum Gasteiger partial charge on any atom is 0.245 e. The molecule has 0 unspecified atom stereocenters. The van der Waals surface area contributed by atoms with Crippen molar-refractivity contribution in [3.05, 3.63) is 24.2 Å². The number of carbonyl (C=O) groups excluding carboxylic acids is 3. The van der Waals surface area contributed by atoms with Gasteiger partial charge in [0.15, 0.2) is 0 Å². The molecule has 35 heavy (non-hydrogen) atoms. The minimum Gasteiger partial charge on any atom is -0.468 e. The van der Waals surface area contributed by atoms with E-state index >= 15 is 0 Å². The van der Waals surface area contributed by atoms with Crippen molar-refractivity contribution < 1.29 is 24.0 Å². The second-order valence-corrected chi connectivity index (χ2v) is 11.2. The van der Waals surface area contributed by atoms with Crippen LogP contribution in [0.5, 0.6) is 0 Å². The van der Waals surface area contributed by atoms with Crippen LogP contribution in [-0.2, 0) is 20.9 Å². The number of piperidine rings is 1. The summed E-state index contributed by atoms with van der Waals surface area (Å²) >= 11 is 0. The molecule has 3 rings (SSSR count). The zero-order chi connectivity index (χ0) is 25.4. The van der Waals surface area contributed by atoms with Crippen LogP contribution in [0.15, 0.2) is 22.8 Å². The monoisotopic (exact) mass is 490 g/mol. The number of nitrogens with zero attached hydrogens (tertiary/aromatic N) is 2. The van der Waals surface area contributed by atoms with Crippen LogP contribution in [0.3, 0.4) is 0 Å². The Morgan fingerprint density at radius 2 is 1.91 bits per heavy atom. The lowest BCUT2D eigenvalue weighted by Crippen LogP contribution is -2.58. The van der Waals surface area contributed by atoms with E-state index in [-0.39, 0.29) is 18.4 Å². The predicted octanol–water partition coefficient (Wildman–Crippen LogP) is 2.94. The minimum atomic E-state index is -0.683. The maximum atomic E-state index is 13.5. The average Bonchev–Trinajstić information content (AvgIpc) is 3.54. The summed E-state index contributed by atoms with van der Waals surface area (Å²) in [7, 11) is 0. The number of carbonyl (C=O) groups is 3. The van der Waals surface area contributed by atoms with E-state index in [1.807, 2.05) is 37.8 Å². The molecule has 0 bridgehead atoms. The van der Waals surface area contributed by atoms with Gasteiger partial charge in [0.05, 0.1) is 25.3 Å². The van der Waals surface area contributed by atoms with E-state index in [4.69, 9.17) is 4.42 Å². The number of rotatable bonds is 11. The number of furan rings is 1. The third kappa shape index (κ3) is 8.07. The smallest absolute Gasteiger partial charge is 0.245 e. The fourth-order valence-corrected chi connectivity index (χ4v) is 5.24. The average molecular weight is 491 g/mol. The van der Waals surface area contributed by atoms with Crippen molar-refractivity contribution in [3.8, 4) is 0 Å². The maximum absolute atomic E-state index is 13.5. The van der Waals surface area contributed by atoms with Gasteiger partial charge in [0, 0.05) is 19.1 Å². The van der Waals surface area contributed by atoms with Gasteiger partial charge in [-0.15, -0.1) is 0 Å². The first kappa shape index (κ1) is 27.2. The summed E-state index contributed by atoms with van der Waals surface area (Å²) in [6.45, 7) is 7.69. The fraction of sp³-hybridized carbons (Fsp3) is 0.731. The third-order valence-electron chi connectivity index (χ3n) is 7.34. The van der Waals surface area contributed by atoms with E-state index in [0.29, 0.717) is 49.5 Å². The Balaban J connectivity index is 1.59. The minimum absolute atomic E-state index is 0.0659. The van der Waals surface area contributed by atoms with E-state index in [1.165, 1.54) is 0 Å². The summed E-state index contributed by atoms with van der Waals surface area (Å²) in [4.78, 5) is 39.7. The first-order chi connectivity index (χ1) is 16.7. The summed E-state index contributed by atoms with van der Waals surface area (Å²) in [5.74, 6) is 0.388. The second-order valence-electron chi connectivity index (χ2n) is 11.2. The quantitative estimate of drug-likeness (QED) is 0.250. The Hall–Kier alpha value is -2.39. The number of hydrogen-bond donors (Lipinski definition) is 3. The van der Waals surface area contributed by atoms with Crippen LogP contribution < -0.4 is 10.6 Å². The SMILES string of the molecule is CC(C)(C)[C@@H](NC(=O)[C@@H](CC1CCCC1)CN(O)C=O)C(=O)N1CCC(NCc2ccco2)CC1. The molecule has 1 aliphatic carbocycles. The standard InChI is InChI=1S/C26H42N4O5/c1-26(2,3)23(28-24(32)20(17-30(34)18-31)15-19-7-4-5-8-19)25(33)29-12-10-21(11-13-29)27-16-22-9-6-14-35-22/h6,9,14,18-21,23,27,34H,4-5,7-8,10-13,15-17H2,1-3H3,(H,28,32)/t20-,23-/m0/s1. The summed E-state index contributed by atoms with van der Waals surface area (Å²) in [6.07, 6.45) is 8.66. The Kier molecular flexibility index (Phi) is 9.74. The molecule has 9 heteroatoms. The van der Waals surface area contributed by atoms with Crippen LogP contribution in [-0.4, -0.2) is 65.1 Å². The van der Waals surface area contributed by atoms with Crippen LogP contribution in [0.4, 0.5) is 0 Å². The van der Waals surface area contributed by atoms with Gasteiger partial charge in [0.25, 0.3) is 0 Å². The van der Waals surface area contributed by atoms with E-state index < -0.39 is 17.4 Å². The summed E-state index contributed by atoms with van der Waals surface area (Å²) in [6, 6.07) is 3.43. The number of hydroxylamine groups is 2. The molecule has 0 radical (unpaired) electrons. The van der Waals surface area contributed by atoms with Crippen molar-refractivity contribution in [2.24, 2.45) is 17.3 Å². The molecule has 1 aliphatic heterocycles. The Morgan fingerprint density at radius 1 is 1.23 bits per heavy atom. The summed E-state index contributed by atoms with van der Waals surface area (Å²) < 4.78 is 5.38. The van der Waals surface area contributed by atoms with Crippen molar-refractivity contribution in [2.45, 2.75) is 84.3 Å². The van der Waals surface area contributed by atoms with Crippen LogP contribution in [0.25, 0.3) is 0 Å². The lowest BCUT2D eigenvalue weighted by Gasteiger charge is -2.39. The molecular formula is C26H42N4O5. The molecule has 3 N–H and O–H groups in total. The van der Waals surface area contributed by atoms with Crippen molar-refractivity contribution in [1.82, 2.24) is 20.6 Å².